The summed E-state index contributed by atoms with van der Waals surface area (Å²) in [6, 6.07) is 0.390. The van der Waals surface area contributed by atoms with Gasteiger partial charge >= 0.3 is 0 Å². The van der Waals surface area contributed by atoms with Crippen LogP contribution in [-0.2, 0) is 14.3 Å². The fraction of sp³-hybridized carbons (Fsp3) is 0.882. The molecule has 2 rings (SSSR count). The van der Waals surface area contributed by atoms with Crippen LogP contribution in [0, 0.1) is 0 Å². The van der Waals surface area contributed by atoms with Gasteiger partial charge in [0.25, 0.3) is 0 Å². The zero-order valence-corrected chi connectivity index (χ0v) is 15.1. The maximum atomic E-state index is 11.8. The summed E-state index contributed by atoms with van der Waals surface area (Å²) in [5, 5.41) is 6.26. The van der Waals surface area contributed by atoms with Gasteiger partial charge in [0.1, 0.15) is 6.54 Å². The van der Waals surface area contributed by atoms with Crippen LogP contribution in [0.5, 0.6) is 0 Å². The largest absolute Gasteiger partial charge is 0.385 e. The van der Waals surface area contributed by atoms with Gasteiger partial charge < -0.3 is 25.0 Å². The molecule has 0 bridgehead atoms. The van der Waals surface area contributed by atoms with Crippen LogP contribution in [0.15, 0.2) is 4.99 Å². The van der Waals surface area contributed by atoms with Crippen molar-refractivity contribution >= 4 is 11.9 Å². The fourth-order valence-corrected chi connectivity index (χ4v) is 2.76. The number of piperidine rings is 1. The second kappa shape index (κ2) is 10.5. The van der Waals surface area contributed by atoms with Crippen molar-refractivity contribution in [1.29, 1.82) is 0 Å². The lowest BCUT2D eigenvalue weighted by Crippen LogP contribution is -2.47. The minimum absolute atomic E-state index is 0.0178. The second-order valence-electron chi connectivity index (χ2n) is 6.42. The zero-order valence-electron chi connectivity index (χ0n) is 15.1. The molecule has 0 atom stereocenters. The molecule has 1 heterocycles. The maximum absolute atomic E-state index is 11.8. The molecule has 1 amide bonds. The molecule has 1 saturated heterocycles. The first-order valence-corrected chi connectivity index (χ1v) is 9.16. The van der Waals surface area contributed by atoms with Gasteiger partial charge in [-0.1, -0.05) is 0 Å². The molecule has 1 aliphatic carbocycles. The summed E-state index contributed by atoms with van der Waals surface area (Å²) in [5.41, 5.74) is 0. The van der Waals surface area contributed by atoms with Gasteiger partial charge in [0.05, 0.1) is 6.10 Å². The van der Waals surface area contributed by atoms with E-state index in [0.717, 1.165) is 70.9 Å². The summed E-state index contributed by atoms with van der Waals surface area (Å²) >= 11 is 0. The van der Waals surface area contributed by atoms with E-state index in [1.165, 1.54) is 0 Å². The molecule has 7 heteroatoms. The standard InChI is InChI=1S/C17H32N4O3/c1-3-18-17(19-13-16(22)20-14-5-6-14)21-9-7-15(8-10-21)24-12-4-11-23-2/h14-15H,3-13H2,1-2H3,(H,18,19)(H,20,22). The summed E-state index contributed by atoms with van der Waals surface area (Å²) in [5.74, 6) is 0.852. The third kappa shape index (κ3) is 7.05. The zero-order chi connectivity index (χ0) is 17.2. The van der Waals surface area contributed by atoms with Crippen molar-refractivity contribution in [3.8, 4) is 0 Å². The lowest BCUT2D eigenvalue weighted by Gasteiger charge is -2.34. The first-order chi connectivity index (χ1) is 11.7. The first-order valence-electron chi connectivity index (χ1n) is 9.16. The van der Waals surface area contributed by atoms with Crippen LogP contribution >= 0.6 is 0 Å². The van der Waals surface area contributed by atoms with E-state index in [-0.39, 0.29) is 12.5 Å². The number of amides is 1. The Labute approximate surface area is 145 Å². The summed E-state index contributed by atoms with van der Waals surface area (Å²) in [6.07, 6.45) is 5.45. The van der Waals surface area contributed by atoms with E-state index in [9.17, 15) is 4.79 Å². The molecule has 0 aromatic rings. The number of hydrogen-bond donors (Lipinski definition) is 2. The van der Waals surface area contributed by atoms with E-state index >= 15 is 0 Å². The molecule has 1 aliphatic heterocycles. The predicted octanol–water partition coefficient (Wildman–Crippen LogP) is 0.748. The molecular formula is C17H32N4O3. The van der Waals surface area contributed by atoms with Crippen molar-refractivity contribution in [2.24, 2.45) is 4.99 Å². The van der Waals surface area contributed by atoms with E-state index in [4.69, 9.17) is 9.47 Å². The molecule has 2 aliphatic rings. The molecule has 0 unspecified atom stereocenters. The fourth-order valence-electron chi connectivity index (χ4n) is 2.76. The van der Waals surface area contributed by atoms with Crippen LogP contribution in [0.1, 0.15) is 39.0 Å². The Hall–Kier alpha value is -1.34. The molecule has 0 radical (unpaired) electrons. The molecule has 0 aromatic heterocycles. The SMILES string of the molecule is CCNC(=NCC(=O)NC1CC1)N1CCC(OCCCOC)CC1. The van der Waals surface area contributed by atoms with Gasteiger partial charge in [0.15, 0.2) is 5.96 Å². The van der Waals surface area contributed by atoms with Gasteiger partial charge in [-0.15, -0.1) is 0 Å². The summed E-state index contributed by atoms with van der Waals surface area (Å²) in [7, 11) is 1.71. The Balaban J connectivity index is 1.71. The number of nitrogens with zero attached hydrogens (tertiary/aromatic N) is 2. The van der Waals surface area contributed by atoms with Crippen molar-refractivity contribution in [1.82, 2.24) is 15.5 Å². The average molecular weight is 340 g/mol. The van der Waals surface area contributed by atoms with Gasteiger partial charge in [-0.3, -0.25) is 4.79 Å². The number of ether oxygens (including phenoxy) is 2. The number of hydrogen-bond acceptors (Lipinski definition) is 4. The summed E-state index contributed by atoms with van der Waals surface area (Å²) in [6.45, 7) is 6.37. The number of aliphatic imine (C=N–C) groups is 1. The summed E-state index contributed by atoms with van der Waals surface area (Å²) in [4.78, 5) is 18.5. The molecule has 1 saturated carbocycles. The first kappa shape index (κ1) is 19.0. The van der Waals surface area contributed by atoms with Gasteiger partial charge in [-0.2, -0.15) is 0 Å². The van der Waals surface area contributed by atoms with Crippen molar-refractivity contribution in [2.75, 3.05) is 46.5 Å². The molecule has 138 valence electrons. The van der Waals surface area contributed by atoms with E-state index in [1.807, 2.05) is 6.92 Å². The number of carbonyl (C=O) groups is 1. The number of guanidine groups is 1. The van der Waals surface area contributed by atoms with E-state index in [0.29, 0.717) is 12.1 Å². The number of methoxy groups -OCH3 is 1. The Morgan fingerprint density at radius 1 is 1.21 bits per heavy atom. The van der Waals surface area contributed by atoms with Crippen LogP contribution in [0.2, 0.25) is 0 Å². The minimum atomic E-state index is 0.0178. The van der Waals surface area contributed by atoms with Crippen molar-refractivity contribution in [2.45, 2.75) is 51.2 Å². The normalized spacial score (nSPS) is 19.4. The van der Waals surface area contributed by atoms with Crippen LogP contribution in [-0.4, -0.2) is 75.4 Å². The molecule has 2 N–H and O–H groups in total. The summed E-state index contributed by atoms with van der Waals surface area (Å²) < 4.78 is 10.9. The Morgan fingerprint density at radius 2 is 1.96 bits per heavy atom. The molecule has 0 spiro atoms. The molecular weight excluding hydrogens is 308 g/mol. The van der Waals surface area contributed by atoms with Crippen LogP contribution in [0.4, 0.5) is 0 Å². The van der Waals surface area contributed by atoms with Gasteiger partial charge in [-0.05, 0) is 39.0 Å². The van der Waals surface area contributed by atoms with Crippen molar-refractivity contribution in [3.63, 3.8) is 0 Å². The maximum Gasteiger partial charge on any atom is 0.242 e. The number of nitrogens with one attached hydrogen (secondary N) is 2. The van der Waals surface area contributed by atoms with E-state index in [1.54, 1.807) is 7.11 Å². The van der Waals surface area contributed by atoms with Crippen LogP contribution in [0.3, 0.4) is 0 Å². The Morgan fingerprint density at radius 3 is 2.58 bits per heavy atom. The van der Waals surface area contributed by atoms with Gasteiger partial charge in [-0.25, -0.2) is 4.99 Å². The van der Waals surface area contributed by atoms with Crippen molar-refractivity contribution < 1.29 is 14.3 Å². The highest BCUT2D eigenvalue weighted by Gasteiger charge is 2.24. The average Bonchev–Trinajstić information content (AvgIpc) is 3.40. The van der Waals surface area contributed by atoms with E-state index in [2.05, 4.69) is 20.5 Å². The third-order valence-corrected chi connectivity index (χ3v) is 4.24. The third-order valence-electron chi connectivity index (χ3n) is 4.24. The van der Waals surface area contributed by atoms with Crippen LogP contribution < -0.4 is 10.6 Å². The number of carbonyl (C=O) groups excluding carboxylic acids is 1. The Bertz CT molecular complexity index is 405. The van der Waals surface area contributed by atoms with Crippen LogP contribution in [0.25, 0.3) is 0 Å². The second-order valence-corrected chi connectivity index (χ2v) is 6.42. The van der Waals surface area contributed by atoms with E-state index < -0.39 is 0 Å². The number of rotatable bonds is 9. The lowest BCUT2D eigenvalue weighted by molar-refractivity contribution is -0.119. The highest BCUT2D eigenvalue weighted by atomic mass is 16.5. The quantitative estimate of drug-likeness (QED) is 0.368. The van der Waals surface area contributed by atoms with Gasteiger partial charge in [0, 0.05) is 46.0 Å². The predicted molar refractivity (Wildman–Crippen MR) is 94.2 cm³/mol. The topological polar surface area (TPSA) is 75.2 Å². The highest BCUT2D eigenvalue weighted by molar-refractivity contribution is 5.85. The highest BCUT2D eigenvalue weighted by Crippen LogP contribution is 2.18. The molecule has 24 heavy (non-hydrogen) atoms. The lowest BCUT2D eigenvalue weighted by atomic mass is 10.1. The van der Waals surface area contributed by atoms with Gasteiger partial charge in [0.2, 0.25) is 5.91 Å². The molecule has 0 aromatic carbocycles. The smallest absolute Gasteiger partial charge is 0.242 e. The Kier molecular flexibility index (Phi) is 8.32. The molecule has 2 fully saturated rings. The monoisotopic (exact) mass is 340 g/mol. The number of likely N-dealkylation sites (tertiary alicyclic amines) is 1. The van der Waals surface area contributed by atoms with Crippen molar-refractivity contribution in [3.05, 3.63) is 0 Å². The minimum Gasteiger partial charge on any atom is -0.385 e. The molecule has 7 nitrogen and oxygen atoms in total.